The molecule has 0 spiro atoms. The molecule has 0 aliphatic heterocycles. The molecule has 3 aromatic carbocycles. The van der Waals surface area contributed by atoms with Crippen LogP contribution in [0.5, 0.6) is 5.75 Å². The number of rotatable bonds is 13. The predicted molar refractivity (Wildman–Crippen MR) is 156 cm³/mol. The Kier molecular flexibility index (Phi) is 11.1. The highest BCUT2D eigenvalue weighted by atomic mass is 79.9. The minimum Gasteiger partial charge on any atom is -0.494 e. The van der Waals surface area contributed by atoms with Crippen molar-refractivity contribution in [3.05, 3.63) is 88.6 Å². The Bertz CT molecular complexity index is 1400. The van der Waals surface area contributed by atoms with Gasteiger partial charge < -0.3 is 15.0 Å². The molecule has 0 radical (unpaired) electrons. The van der Waals surface area contributed by atoms with Crippen molar-refractivity contribution in [1.82, 2.24) is 10.2 Å². The van der Waals surface area contributed by atoms with Gasteiger partial charge in [0.1, 0.15) is 24.2 Å². The zero-order valence-corrected chi connectivity index (χ0v) is 25.0. The lowest BCUT2D eigenvalue weighted by Gasteiger charge is -2.32. The number of carbonyl (C=O) groups excluding carboxylic acids is 2. The summed E-state index contributed by atoms with van der Waals surface area (Å²) in [5.74, 6) is -1.00. The van der Waals surface area contributed by atoms with Gasteiger partial charge in [0.15, 0.2) is 0 Å². The van der Waals surface area contributed by atoms with Crippen molar-refractivity contribution in [2.75, 3.05) is 24.0 Å². The molecular weight excluding hydrogens is 601 g/mol. The van der Waals surface area contributed by atoms with Gasteiger partial charge in [-0.3, -0.25) is 13.9 Å². The third-order valence-corrected chi connectivity index (χ3v) is 8.36. The summed E-state index contributed by atoms with van der Waals surface area (Å²) in [6.07, 6.45) is 0.719. The number of anilines is 1. The normalized spacial score (nSPS) is 11.9. The summed E-state index contributed by atoms with van der Waals surface area (Å²) in [5, 5.41) is 2.80. The summed E-state index contributed by atoms with van der Waals surface area (Å²) in [4.78, 5) is 28.0. The maximum absolute atomic E-state index is 13.9. The summed E-state index contributed by atoms with van der Waals surface area (Å²) in [7, 11) is -4.27. The molecule has 0 saturated carbocycles. The van der Waals surface area contributed by atoms with E-state index in [2.05, 4.69) is 21.2 Å². The van der Waals surface area contributed by atoms with Gasteiger partial charge >= 0.3 is 0 Å². The fraction of sp³-hybridized carbons (Fsp3) is 0.310. The highest BCUT2D eigenvalue weighted by molar-refractivity contribution is 9.10. The first-order valence-corrected chi connectivity index (χ1v) is 15.1. The summed E-state index contributed by atoms with van der Waals surface area (Å²) in [6.45, 7) is 5.65. The molecule has 0 aromatic heterocycles. The van der Waals surface area contributed by atoms with Crippen LogP contribution in [0.25, 0.3) is 0 Å². The van der Waals surface area contributed by atoms with E-state index < -0.39 is 34.3 Å². The fourth-order valence-corrected chi connectivity index (χ4v) is 5.81. The molecular formula is C29H33BrFN3O5S. The Morgan fingerprint density at radius 3 is 2.30 bits per heavy atom. The molecule has 1 atom stereocenters. The molecule has 1 N–H and O–H groups in total. The topological polar surface area (TPSA) is 96.0 Å². The summed E-state index contributed by atoms with van der Waals surface area (Å²) in [6, 6.07) is 17.1. The molecule has 0 bridgehead atoms. The van der Waals surface area contributed by atoms with Gasteiger partial charge in [-0.2, -0.15) is 0 Å². The SMILES string of the molecule is CCCNC(=O)C(C)N(Cc1cccc(Br)c1)C(=O)CN(c1ccc(F)cc1)S(=O)(=O)c1ccc(OCC)cc1. The quantitative estimate of drug-likeness (QED) is 0.282. The third-order valence-electron chi connectivity index (χ3n) is 6.07. The van der Waals surface area contributed by atoms with E-state index in [-0.39, 0.29) is 23.0 Å². The van der Waals surface area contributed by atoms with Gasteiger partial charge in [0.25, 0.3) is 10.0 Å². The molecule has 1 unspecified atom stereocenters. The summed E-state index contributed by atoms with van der Waals surface area (Å²) in [5.41, 5.74) is 0.856. The second-order valence-corrected chi connectivity index (χ2v) is 11.8. The molecule has 2 amide bonds. The number of hydrogen-bond acceptors (Lipinski definition) is 5. The van der Waals surface area contributed by atoms with Crippen molar-refractivity contribution < 1.29 is 27.1 Å². The van der Waals surface area contributed by atoms with Crippen LogP contribution in [0.3, 0.4) is 0 Å². The highest BCUT2D eigenvalue weighted by Crippen LogP contribution is 2.26. The van der Waals surface area contributed by atoms with Gasteiger partial charge in [-0.05, 0) is 86.5 Å². The van der Waals surface area contributed by atoms with E-state index >= 15 is 0 Å². The van der Waals surface area contributed by atoms with Crippen LogP contribution in [-0.2, 0) is 26.2 Å². The predicted octanol–water partition coefficient (Wildman–Crippen LogP) is 5.13. The number of amides is 2. The van der Waals surface area contributed by atoms with E-state index in [1.165, 1.54) is 41.3 Å². The van der Waals surface area contributed by atoms with Crippen molar-refractivity contribution in [1.29, 1.82) is 0 Å². The van der Waals surface area contributed by atoms with Crippen LogP contribution in [0.4, 0.5) is 10.1 Å². The Labute approximate surface area is 243 Å². The molecule has 0 aliphatic rings. The van der Waals surface area contributed by atoms with Crippen LogP contribution in [0.15, 0.2) is 82.2 Å². The Hall–Kier alpha value is -3.44. The number of hydrogen-bond donors (Lipinski definition) is 1. The second-order valence-electron chi connectivity index (χ2n) is 9.01. The third kappa shape index (κ3) is 8.04. The van der Waals surface area contributed by atoms with Gasteiger partial charge in [-0.15, -0.1) is 0 Å². The van der Waals surface area contributed by atoms with E-state index in [1.54, 1.807) is 6.92 Å². The number of halogens is 2. The first-order chi connectivity index (χ1) is 19.1. The molecule has 3 aromatic rings. The Balaban J connectivity index is 2.01. The molecule has 8 nitrogen and oxygen atoms in total. The zero-order chi connectivity index (χ0) is 29.3. The monoisotopic (exact) mass is 633 g/mol. The maximum atomic E-state index is 13.9. The zero-order valence-electron chi connectivity index (χ0n) is 22.6. The average Bonchev–Trinajstić information content (AvgIpc) is 2.94. The first-order valence-electron chi connectivity index (χ1n) is 12.9. The van der Waals surface area contributed by atoms with E-state index in [1.807, 2.05) is 38.1 Å². The minimum atomic E-state index is -4.27. The van der Waals surface area contributed by atoms with E-state index in [0.29, 0.717) is 18.9 Å². The lowest BCUT2D eigenvalue weighted by atomic mass is 10.1. The number of carbonyl (C=O) groups is 2. The fourth-order valence-electron chi connectivity index (χ4n) is 3.95. The van der Waals surface area contributed by atoms with Crippen LogP contribution in [0.2, 0.25) is 0 Å². The van der Waals surface area contributed by atoms with Gasteiger partial charge in [-0.25, -0.2) is 12.8 Å². The molecule has 0 heterocycles. The van der Waals surface area contributed by atoms with Crippen molar-refractivity contribution >= 4 is 43.5 Å². The maximum Gasteiger partial charge on any atom is 0.264 e. The van der Waals surface area contributed by atoms with Crippen molar-refractivity contribution in [2.24, 2.45) is 0 Å². The van der Waals surface area contributed by atoms with Gasteiger partial charge in [-0.1, -0.05) is 35.0 Å². The Morgan fingerprint density at radius 2 is 1.70 bits per heavy atom. The lowest BCUT2D eigenvalue weighted by Crippen LogP contribution is -2.51. The van der Waals surface area contributed by atoms with Gasteiger partial charge in [0.05, 0.1) is 17.2 Å². The van der Waals surface area contributed by atoms with Crippen LogP contribution < -0.4 is 14.4 Å². The van der Waals surface area contributed by atoms with Crippen molar-refractivity contribution in [3.8, 4) is 5.75 Å². The molecule has 11 heteroatoms. The summed E-state index contributed by atoms with van der Waals surface area (Å²) < 4.78 is 48.5. The molecule has 40 heavy (non-hydrogen) atoms. The van der Waals surface area contributed by atoms with Gasteiger partial charge in [0.2, 0.25) is 11.8 Å². The van der Waals surface area contributed by atoms with Crippen LogP contribution >= 0.6 is 15.9 Å². The van der Waals surface area contributed by atoms with E-state index in [9.17, 15) is 22.4 Å². The van der Waals surface area contributed by atoms with E-state index in [4.69, 9.17) is 4.74 Å². The molecule has 0 fully saturated rings. The highest BCUT2D eigenvalue weighted by Gasteiger charge is 2.32. The van der Waals surface area contributed by atoms with Crippen LogP contribution in [-0.4, -0.2) is 50.9 Å². The number of sulfonamides is 1. The first kappa shape index (κ1) is 31.1. The Morgan fingerprint density at radius 1 is 1.02 bits per heavy atom. The van der Waals surface area contributed by atoms with E-state index in [0.717, 1.165) is 32.9 Å². The minimum absolute atomic E-state index is 0.0688. The van der Waals surface area contributed by atoms with Crippen LogP contribution in [0.1, 0.15) is 32.8 Å². The standard InChI is InChI=1S/C29H33BrFN3O5S/c1-4-17-32-29(36)21(3)33(19-22-7-6-8-23(30)18-22)28(35)20-34(25-11-9-24(31)10-12-25)40(37,38)27-15-13-26(14-16-27)39-5-2/h6-16,18,21H,4-5,17,19-20H2,1-3H3,(H,32,36). The van der Waals surface area contributed by atoms with Crippen molar-refractivity contribution in [3.63, 3.8) is 0 Å². The molecule has 0 aliphatic carbocycles. The molecule has 214 valence electrons. The average molecular weight is 635 g/mol. The second kappa shape index (κ2) is 14.3. The van der Waals surface area contributed by atoms with Crippen LogP contribution in [0, 0.1) is 5.82 Å². The number of nitrogens with zero attached hydrogens (tertiary/aromatic N) is 2. The van der Waals surface area contributed by atoms with Crippen molar-refractivity contribution in [2.45, 2.75) is 44.7 Å². The molecule has 3 rings (SSSR count). The largest absolute Gasteiger partial charge is 0.494 e. The lowest BCUT2D eigenvalue weighted by molar-refractivity contribution is -0.139. The molecule has 0 saturated heterocycles. The number of benzene rings is 3. The smallest absolute Gasteiger partial charge is 0.264 e. The summed E-state index contributed by atoms with van der Waals surface area (Å²) >= 11 is 3.42. The van der Waals surface area contributed by atoms with Gasteiger partial charge in [0, 0.05) is 17.6 Å². The number of nitrogens with one attached hydrogen (secondary N) is 1. The number of ether oxygens (including phenoxy) is 1.